The summed E-state index contributed by atoms with van der Waals surface area (Å²) in [6.07, 6.45) is 9.24. The Bertz CT molecular complexity index is 309. The van der Waals surface area contributed by atoms with E-state index in [1.54, 1.807) is 0 Å². The highest BCUT2D eigenvalue weighted by atomic mass is 16.4. The van der Waals surface area contributed by atoms with Crippen LogP contribution in [0.5, 0.6) is 0 Å². The van der Waals surface area contributed by atoms with Crippen molar-refractivity contribution in [3.05, 3.63) is 0 Å². The zero-order valence-corrected chi connectivity index (χ0v) is 10.5. The van der Waals surface area contributed by atoms with Crippen molar-refractivity contribution in [1.82, 2.24) is 4.90 Å². The second kappa shape index (κ2) is 4.27. The van der Waals surface area contributed by atoms with E-state index in [1.807, 2.05) is 0 Å². The topological polar surface area (TPSA) is 40.5 Å². The molecule has 3 nitrogen and oxygen atoms in total. The zero-order chi connectivity index (χ0) is 11.9. The van der Waals surface area contributed by atoms with Gasteiger partial charge in [0.05, 0.1) is 5.41 Å². The van der Waals surface area contributed by atoms with Crippen LogP contribution in [0.3, 0.4) is 0 Å². The highest BCUT2D eigenvalue weighted by molar-refractivity contribution is 5.75. The molecule has 2 bridgehead atoms. The first-order valence-corrected chi connectivity index (χ1v) is 7.17. The molecule has 2 unspecified atom stereocenters. The average molecular weight is 237 g/mol. The Morgan fingerprint density at radius 1 is 1.24 bits per heavy atom. The van der Waals surface area contributed by atoms with Gasteiger partial charge in [-0.3, -0.25) is 9.69 Å². The Balaban J connectivity index is 1.70. The third-order valence-electron chi connectivity index (χ3n) is 5.29. The van der Waals surface area contributed by atoms with E-state index in [0.29, 0.717) is 6.04 Å². The first kappa shape index (κ1) is 11.5. The molecule has 96 valence electrons. The van der Waals surface area contributed by atoms with Crippen LogP contribution in [0.2, 0.25) is 0 Å². The molecule has 0 aromatic carbocycles. The third kappa shape index (κ3) is 1.99. The van der Waals surface area contributed by atoms with Crippen LogP contribution < -0.4 is 0 Å². The number of hydrogen-bond acceptors (Lipinski definition) is 2. The number of rotatable bonds is 3. The lowest BCUT2D eigenvalue weighted by atomic mass is 9.73. The van der Waals surface area contributed by atoms with Crippen molar-refractivity contribution in [1.29, 1.82) is 0 Å². The van der Waals surface area contributed by atoms with E-state index in [9.17, 15) is 9.90 Å². The van der Waals surface area contributed by atoms with E-state index in [4.69, 9.17) is 0 Å². The van der Waals surface area contributed by atoms with Gasteiger partial charge in [-0.15, -0.1) is 0 Å². The van der Waals surface area contributed by atoms with Crippen LogP contribution in [-0.2, 0) is 4.79 Å². The second-order valence-corrected chi connectivity index (χ2v) is 6.41. The number of carboxylic acids is 1. The molecule has 3 fully saturated rings. The molecule has 3 heteroatoms. The van der Waals surface area contributed by atoms with Gasteiger partial charge < -0.3 is 5.11 Å². The number of nitrogens with zero attached hydrogens (tertiary/aromatic N) is 1. The predicted octanol–water partition coefficient (Wildman–Crippen LogP) is 2.51. The van der Waals surface area contributed by atoms with Crippen molar-refractivity contribution in [3.8, 4) is 0 Å². The van der Waals surface area contributed by atoms with Gasteiger partial charge >= 0.3 is 5.97 Å². The van der Waals surface area contributed by atoms with Gasteiger partial charge in [0, 0.05) is 19.1 Å². The molecule has 2 saturated carbocycles. The van der Waals surface area contributed by atoms with E-state index < -0.39 is 11.4 Å². The molecule has 2 aliphatic carbocycles. The lowest BCUT2D eigenvalue weighted by Gasteiger charge is -2.39. The van der Waals surface area contributed by atoms with E-state index in [2.05, 4.69) is 4.90 Å². The molecule has 2 atom stereocenters. The molecule has 3 aliphatic rings. The predicted molar refractivity (Wildman–Crippen MR) is 65.9 cm³/mol. The molecular weight excluding hydrogens is 214 g/mol. The average Bonchev–Trinajstić information content (AvgIpc) is 2.92. The number of piperidine rings is 1. The first-order valence-electron chi connectivity index (χ1n) is 7.17. The summed E-state index contributed by atoms with van der Waals surface area (Å²) in [5.41, 5.74) is -0.414. The standard InChI is InChI=1S/C14H23NO2/c16-13(17)14(6-2-1-3-7-14)10-15-9-11-4-5-12(15)8-11/h11-12H,1-10H2,(H,16,17). The zero-order valence-electron chi connectivity index (χ0n) is 10.5. The molecule has 0 amide bonds. The summed E-state index contributed by atoms with van der Waals surface area (Å²) in [7, 11) is 0. The highest BCUT2D eigenvalue weighted by Crippen LogP contribution is 2.43. The van der Waals surface area contributed by atoms with Crippen LogP contribution in [0.4, 0.5) is 0 Å². The highest BCUT2D eigenvalue weighted by Gasteiger charge is 2.46. The van der Waals surface area contributed by atoms with Gasteiger partial charge in [-0.2, -0.15) is 0 Å². The van der Waals surface area contributed by atoms with E-state index >= 15 is 0 Å². The van der Waals surface area contributed by atoms with Crippen LogP contribution in [0.25, 0.3) is 0 Å². The molecule has 0 aromatic rings. The summed E-state index contributed by atoms with van der Waals surface area (Å²) in [4.78, 5) is 14.1. The molecule has 0 spiro atoms. The monoisotopic (exact) mass is 237 g/mol. The van der Waals surface area contributed by atoms with Crippen LogP contribution >= 0.6 is 0 Å². The third-order valence-corrected chi connectivity index (χ3v) is 5.29. The summed E-state index contributed by atoms with van der Waals surface area (Å²) in [5.74, 6) is 0.328. The number of aliphatic carboxylic acids is 1. The van der Waals surface area contributed by atoms with Crippen LogP contribution in [0.1, 0.15) is 51.4 Å². The van der Waals surface area contributed by atoms with Crippen LogP contribution in [-0.4, -0.2) is 35.1 Å². The van der Waals surface area contributed by atoms with Gasteiger partial charge in [-0.25, -0.2) is 0 Å². The molecule has 1 N–H and O–H groups in total. The minimum Gasteiger partial charge on any atom is -0.481 e. The molecule has 0 radical (unpaired) electrons. The van der Waals surface area contributed by atoms with Crippen molar-refractivity contribution in [3.63, 3.8) is 0 Å². The van der Waals surface area contributed by atoms with Crippen molar-refractivity contribution in [2.45, 2.75) is 57.4 Å². The first-order chi connectivity index (χ1) is 8.20. The fourth-order valence-corrected chi connectivity index (χ4v) is 4.28. The van der Waals surface area contributed by atoms with Crippen molar-refractivity contribution >= 4 is 5.97 Å². The van der Waals surface area contributed by atoms with E-state index in [1.165, 1.54) is 32.2 Å². The molecule has 3 rings (SSSR count). The molecule has 17 heavy (non-hydrogen) atoms. The Morgan fingerprint density at radius 3 is 2.53 bits per heavy atom. The Hall–Kier alpha value is -0.570. The fraction of sp³-hybridized carbons (Fsp3) is 0.929. The normalized spacial score (nSPS) is 36.2. The fourth-order valence-electron chi connectivity index (χ4n) is 4.28. The minimum atomic E-state index is -0.542. The van der Waals surface area contributed by atoms with Gasteiger partial charge in [0.25, 0.3) is 0 Å². The summed E-state index contributed by atoms with van der Waals surface area (Å²) in [6, 6.07) is 0.707. The van der Waals surface area contributed by atoms with E-state index in [-0.39, 0.29) is 0 Å². The summed E-state index contributed by atoms with van der Waals surface area (Å²) in [6.45, 7) is 1.99. The van der Waals surface area contributed by atoms with Crippen molar-refractivity contribution in [2.75, 3.05) is 13.1 Å². The molecule has 1 heterocycles. The number of hydrogen-bond donors (Lipinski definition) is 1. The minimum absolute atomic E-state index is 0.414. The summed E-state index contributed by atoms with van der Waals surface area (Å²) >= 11 is 0. The smallest absolute Gasteiger partial charge is 0.310 e. The number of carbonyl (C=O) groups is 1. The SMILES string of the molecule is O=C(O)C1(CN2CC3CCC2C3)CCCCC1. The lowest BCUT2D eigenvalue weighted by Crippen LogP contribution is -2.47. The van der Waals surface area contributed by atoms with Gasteiger partial charge in [-0.05, 0) is 38.0 Å². The number of carboxylic acid groups (broad SMARTS) is 1. The van der Waals surface area contributed by atoms with Crippen molar-refractivity contribution < 1.29 is 9.90 Å². The van der Waals surface area contributed by atoms with Crippen LogP contribution in [0, 0.1) is 11.3 Å². The second-order valence-electron chi connectivity index (χ2n) is 6.41. The number of likely N-dealkylation sites (tertiary alicyclic amines) is 1. The maximum absolute atomic E-state index is 11.6. The molecular formula is C14H23NO2. The van der Waals surface area contributed by atoms with E-state index in [0.717, 1.165) is 38.1 Å². The Labute approximate surface area is 103 Å². The Kier molecular flexibility index (Phi) is 2.89. The largest absolute Gasteiger partial charge is 0.481 e. The maximum Gasteiger partial charge on any atom is 0.310 e. The quantitative estimate of drug-likeness (QED) is 0.820. The molecule has 1 aliphatic heterocycles. The number of fused-ring (bicyclic) bond motifs is 2. The lowest BCUT2D eigenvalue weighted by molar-refractivity contribution is -0.152. The van der Waals surface area contributed by atoms with Gasteiger partial charge in [0.1, 0.15) is 0 Å². The molecule has 0 aromatic heterocycles. The van der Waals surface area contributed by atoms with Gasteiger partial charge in [0.15, 0.2) is 0 Å². The van der Waals surface area contributed by atoms with Crippen LogP contribution in [0.15, 0.2) is 0 Å². The Morgan fingerprint density at radius 2 is 2.00 bits per heavy atom. The summed E-state index contributed by atoms with van der Waals surface area (Å²) in [5, 5.41) is 9.59. The van der Waals surface area contributed by atoms with Crippen molar-refractivity contribution in [2.24, 2.45) is 11.3 Å². The van der Waals surface area contributed by atoms with Gasteiger partial charge in [-0.1, -0.05) is 19.3 Å². The van der Waals surface area contributed by atoms with Gasteiger partial charge in [0.2, 0.25) is 0 Å². The maximum atomic E-state index is 11.6. The summed E-state index contributed by atoms with van der Waals surface area (Å²) < 4.78 is 0. The molecule has 1 saturated heterocycles.